The fourth-order valence-electron chi connectivity index (χ4n) is 2.74. The van der Waals surface area contributed by atoms with Crippen LogP contribution in [0.25, 0.3) is 0 Å². The van der Waals surface area contributed by atoms with E-state index in [0.29, 0.717) is 11.8 Å². The second-order valence-electron chi connectivity index (χ2n) is 6.16. The Labute approximate surface area is 114 Å². The molecule has 0 amide bonds. The SMILES string of the molecule is Cc1nccnc1OC1CCC(C(C)(C)CF)CC1. The molecular weight excluding hydrogens is 243 g/mol. The van der Waals surface area contributed by atoms with Gasteiger partial charge in [0.2, 0.25) is 5.88 Å². The second-order valence-corrected chi connectivity index (χ2v) is 6.16. The Hall–Kier alpha value is -1.19. The summed E-state index contributed by atoms with van der Waals surface area (Å²) in [6, 6.07) is 0. The highest BCUT2D eigenvalue weighted by molar-refractivity contribution is 5.15. The standard InChI is InChI=1S/C15H23FN2O/c1-11-14(18-9-8-17-11)19-13-6-4-12(5-7-13)15(2,3)10-16/h8-9,12-13H,4-7,10H2,1-3H3. The maximum absolute atomic E-state index is 13.0. The Kier molecular flexibility index (Phi) is 4.38. The van der Waals surface area contributed by atoms with Gasteiger partial charge in [-0.1, -0.05) is 13.8 Å². The molecule has 0 saturated heterocycles. The van der Waals surface area contributed by atoms with E-state index < -0.39 is 0 Å². The maximum atomic E-state index is 13.0. The van der Waals surface area contributed by atoms with Gasteiger partial charge < -0.3 is 4.74 Å². The van der Waals surface area contributed by atoms with Gasteiger partial charge in [-0.15, -0.1) is 0 Å². The highest BCUT2D eigenvalue weighted by atomic mass is 19.1. The molecule has 0 spiro atoms. The molecule has 1 aromatic heterocycles. The molecule has 0 unspecified atom stereocenters. The van der Waals surface area contributed by atoms with E-state index in [2.05, 4.69) is 9.97 Å². The zero-order valence-corrected chi connectivity index (χ0v) is 12.0. The number of ether oxygens (including phenoxy) is 1. The first kappa shape index (κ1) is 14.2. The highest BCUT2D eigenvalue weighted by Gasteiger charge is 2.34. The quantitative estimate of drug-likeness (QED) is 0.833. The van der Waals surface area contributed by atoms with Crippen LogP contribution in [0, 0.1) is 18.3 Å². The van der Waals surface area contributed by atoms with Gasteiger partial charge in [-0.3, -0.25) is 9.37 Å². The van der Waals surface area contributed by atoms with E-state index >= 15 is 0 Å². The summed E-state index contributed by atoms with van der Waals surface area (Å²) in [7, 11) is 0. The lowest BCUT2D eigenvalue weighted by atomic mass is 9.71. The Balaban J connectivity index is 1.89. The second kappa shape index (κ2) is 5.85. The monoisotopic (exact) mass is 266 g/mol. The minimum Gasteiger partial charge on any atom is -0.473 e. The summed E-state index contributed by atoms with van der Waals surface area (Å²) >= 11 is 0. The highest BCUT2D eigenvalue weighted by Crippen LogP contribution is 2.39. The number of halogens is 1. The number of aromatic nitrogens is 2. The smallest absolute Gasteiger partial charge is 0.235 e. The van der Waals surface area contributed by atoms with E-state index in [0.717, 1.165) is 31.4 Å². The van der Waals surface area contributed by atoms with Gasteiger partial charge in [-0.05, 0) is 43.9 Å². The average molecular weight is 266 g/mol. The summed E-state index contributed by atoms with van der Waals surface area (Å²) in [6.45, 7) is 5.70. The van der Waals surface area contributed by atoms with Crippen molar-refractivity contribution >= 4 is 0 Å². The molecule has 106 valence electrons. The third-order valence-electron chi connectivity index (χ3n) is 4.24. The van der Waals surface area contributed by atoms with Crippen LogP contribution in [0.3, 0.4) is 0 Å². The first-order valence-electron chi connectivity index (χ1n) is 7.03. The molecule has 0 atom stereocenters. The van der Waals surface area contributed by atoms with Crippen molar-refractivity contribution in [1.82, 2.24) is 9.97 Å². The van der Waals surface area contributed by atoms with Crippen molar-refractivity contribution in [3.63, 3.8) is 0 Å². The van der Waals surface area contributed by atoms with Crippen LogP contribution in [0.15, 0.2) is 12.4 Å². The van der Waals surface area contributed by atoms with Crippen molar-refractivity contribution < 1.29 is 9.13 Å². The van der Waals surface area contributed by atoms with Crippen molar-refractivity contribution in [2.24, 2.45) is 11.3 Å². The molecule has 2 rings (SSSR count). The molecule has 1 aliphatic rings. The van der Waals surface area contributed by atoms with E-state index in [1.54, 1.807) is 12.4 Å². The van der Waals surface area contributed by atoms with Crippen molar-refractivity contribution in [2.45, 2.75) is 52.6 Å². The maximum Gasteiger partial charge on any atom is 0.235 e. The predicted octanol–water partition coefficient (Wildman–Crippen LogP) is 3.72. The number of alkyl halides is 1. The van der Waals surface area contributed by atoms with Crippen molar-refractivity contribution in [1.29, 1.82) is 0 Å². The Bertz CT molecular complexity index is 414. The van der Waals surface area contributed by atoms with Crippen LogP contribution >= 0.6 is 0 Å². The largest absolute Gasteiger partial charge is 0.473 e. The van der Waals surface area contributed by atoms with E-state index in [9.17, 15) is 4.39 Å². The normalized spacial score (nSPS) is 24.2. The molecule has 1 heterocycles. The van der Waals surface area contributed by atoms with Gasteiger partial charge >= 0.3 is 0 Å². The number of hydrogen-bond donors (Lipinski definition) is 0. The third kappa shape index (κ3) is 3.43. The molecule has 3 nitrogen and oxygen atoms in total. The predicted molar refractivity (Wildman–Crippen MR) is 72.9 cm³/mol. The van der Waals surface area contributed by atoms with Gasteiger partial charge in [-0.25, -0.2) is 4.98 Å². The lowest BCUT2D eigenvalue weighted by Crippen LogP contribution is -2.33. The fourth-order valence-corrected chi connectivity index (χ4v) is 2.74. The Morgan fingerprint density at radius 3 is 2.42 bits per heavy atom. The van der Waals surface area contributed by atoms with Gasteiger partial charge in [0.15, 0.2) is 0 Å². The van der Waals surface area contributed by atoms with Crippen LogP contribution < -0.4 is 4.74 Å². The average Bonchev–Trinajstić information content (AvgIpc) is 2.42. The fraction of sp³-hybridized carbons (Fsp3) is 0.733. The minimum atomic E-state index is -0.244. The molecule has 0 aliphatic heterocycles. The molecule has 19 heavy (non-hydrogen) atoms. The molecule has 1 saturated carbocycles. The van der Waals surface area contributed by atoms with E-state index in [1.807, 2.05) is 20.8 Å². The molecule has 1 aromatic rings. The molecule has 4 heteroatoms. The Morgan fingerprint density at radius 2 is 1.84 bits per heavy atom. The van der Waals surface area contributed by atoms with Gasteiger partial charge in [0, 0.05) is 12.4 Å². The van der Waals surface area contributed by atoms with Crippen molar-refractivity contribution in [2.75, 3.05) is 6.67 Å². The van der Waals surface area contributed by atoms with Crippen LogP contribution in [0.1, 0.15) is 45.2 Å². The van der Waals surface area contributed by atoms with Gasteiger partial charge in [0.1, 0.15) is 6.10 Å². The van der Waals surface area contributed by atoms with Gasteiger partial charge in [0.25, 0.3) is 0 Å². The zero-order valence-electron chi connectivity index (χ0n) is 12.0. The number of rotatable bonds is 4. The Morgan fingerprint density at radius 1 is 1.21 bits per heavy atom. The summed E-state index contributed by atoms with van der Waals surface area (Å²) in [4.78, 5) is 8.39. The number of hydrogen-bond acceptors (Lipinski definition) is 3. The lowest BCUT2D eigenvalue weighted by Gasteiger charge is -2.37. The van der Waals surface area contributed by atoms with Crippen molar-refractivity contribution in [3.05, 3.63) is 18.1 Å². The summed E-state index contributed by atoms with van der Waals surface area (Å²) < 4.78 is 18.9. The minimum absolute atomic E-state index is 0.196. The van der Waals surface area contributed by atoms with Crippen LogP contribution in [-0.2, 0) is 0 Å². The van der Waals surface area contributed by atoms with Crippen LogP contribution in [0.2, 0.25) is 0 Å². The summed E-state index contributed by atoms with van der Waals surface area (Å²) in [5, 5.41) is 0. The molecule has 1 fully saturated rings. The van der Waals surface area contributed by atoms with Gasteiger partial charge in [0.05, 0.1) is 12.4 Å². The number of nitrogens with zero attached hydrogens (tertiary/aromatic N) is 2. The molecule has 0 N–H and O–H groups in total. The zero-order chi connectivity index (χ0) is 13.9. The topological polar surface area (TPSA) is 35.0 Å². The summed E-state index contributed by atoms with van der Waals surface area (Å²) in [5.41, 5.74) is 0.627. The molecular formula is C15H23FN2O. The lowest BCUT2D eigenvalue weighted by molar-refractivity contribution is 0.0626. The van der Waals surface area contributed by atoms with E-state index in [-0.39, 0.29) is 18.2 Å². The summed E-state index contributed by atoms with van der Waals surface area (Å²) in [5.74, 6) is 1.09. The van der Waals surface area contributed by atoms with Crippen LogP contribution in [0.4, 0.5) is 4.39 Å². The molecule has 1 aliphatic carbocycles. The van der Waals surface area contributed by atoms with E-state index in [4.69, 9.17) is 4.74 Å². The molecule has 0 bridgehead atoms. The first-order chi connectivity index (χ1) is 9.03. The number of aryl methyl sites for hydroxylation is 1. The third-order valence-corrected chi connectivity index (χ3v) is 4.24. The molecule has 0 aromatic carbocycles. The van der Waals surface area contributed by atoms with Crippen LogP contribution in [-0.4, -0.2) is 22.7 Å². The van der Waals surface area contributed by atoms with Crippen molar-refractivity contribution in [3.8, 4) is 5.88 Å². The molecule has 0 radical (unpaired) electrons. The van der Waals surface area contributed by atoms with Crippen LogP contribution in [0.5, 0.6) is 5.88 Å². The first-order valence-corrected chi connectivity index (χ1v) is 7.03. The van der Waals surface area contributed by atoms with E-state index in [1.165, 1.54) is 0 Å². The summed E-state index contributed by atoms with van der Waals surface area (Å²) in [6.07, 6.45) is 7.53. The van der Waals surface area contributed by atoms with Gasteiger partial charge in [-0.2, -0.15) is 0 Å².